The van der Waals surface area contributed by atoms with Gasteiger partial charge in [-0.3, -0.25) is 9.59 Å². The minimum Gasteiger partial charge on any atom is -0.350 e. The second-order valence-corrected chi connectivity index (χ2v) is 6.13. The van der Waals surface area contributed by atoms with Gasteiger partial charge in [-0.1, -0.05) is 30.3 Å². The van der Waals surface area contributed by atoms with E-state index in [1.165, 1.54) is 0 Å². The van der Waals surface area contributed by atoms with E-state index >= 15 is 0 Å². The summed E-state index contributed by atoms with van der Waals surface area (Å²) in [6, 6.07) is 9.49. The smallest absolute Gasteiger partial charge is 0.239 e. The fourth-order valence-corrected chi connectivity index (χ4v) is 1.88. The molecule has 1 atom stereocenters. The molecule has 0 radical (unpaired) electrons. The zero-order valence-electron chi connectivity index (χ0n) is 13.0. The van der Waals surface area contributed by atoms with Crippen molar-refractivity contribution in [1.29, 1.82) is 0 Å². The van der Waals surface area contributed by atoms with E-state index in [1.54, 1.807) is 0 Å². The van der Waals surface area contributed by atoms with Gasteiger partial charge in [-0.05, 0) is 32.8 Å². The highest BCUT2D eigenvalue weighted by atomic mass is 16.2. The molecular weight excluding hydrogens is 266 g/mol. The lowest BCUT2D eigenvalue weighted by atomic mass is 10.0. The molecule has 0 aliphatic rings. The quantitative estimate of drug-likeness (QED) is 0.742. The minimum absolute atomic E-state index is 0.00330. The maximum Gasteiger partial charge on any atom is 0.239 e. The van der Waals surface area contributed by atoms with E-state index in [1.807, 2.05) is 51.1 Å². The molecule has 5 heteroatoms. The first-order valence-corrected chi connectivity index (χ1v) is 7.16. The summed E-state index contributed by atoms with van der Waals surface area (Å²) in [6.07, 6.45) is 0.857. The molecule has 0 aliphatic carbocycles. The van der Waals surface area contributed by atoms with Gasteiger partial charge in [-0.25, -0.2) is 0 Å². The molecule has 21 heavy (non-hydrogen) atoms. The second-order valence-electron chi connectivity index (χ2n) is 6.13. The van der Waals surface area contributed by atoms with Crippen LogP contribution in [0.1, 0.15) is 45.2 Å². The van der Waals surface area contributed by atoms with Crippen molar-refractivity contribution in [3.8, 4) is 0 Å². The first-order valence-electron chi connectivity index (χ1n) is 7.16. The molecule has 1 rings (SSSR count). The molecule has 0 fully saturated rings. The van der Waals surface area contributed by atoms with Crippen LogP contribution in [0.4, 0.5) is 0 Å². The Morgan fingerprint density at radius 3 is 2.33 bits per heavy atom. The third kappa shape index (κ3) is 7.46. The SMILES string of the molecule is CC(C)(C)NC(=O)CNC(=O)CCC(N)c1ccccc1. The topological polar surface area (TPSA) is 84.2 Å². The Labute approximate surface area is 126 Å². The summed E-state index contributed by atoms with van der Waals surface area (Å²) in [5.41, 5.74) is 6.74. The van der Waals surface area contributed by atoms with Gasteiger partial charge < -0.3 is 16.4 Å². The number of carbonyl (C=O) groups excluding carboxylic acids is 2. The Kier molecular flexibility index (Phi) is 6.37. The maximum atomic E-state index is 11.7. The molecule has 0 spiro atoms. The van der Waals surface area contributed by atoms with Gasteiger partial charge in [0.2, 0.25) is 11.8 Å². The number of carbonyl (C=O) groups is 2. The summed E-state index contributed by atoms with van der Waals surface area (Å²) in [5.74, 6) is -0.353. The average molecular weight is 291 g/mol. The molecule has 1 aromatic carbocycles. The van der Waals surface area contributed by atoms with Crippen LogP contribution in [-0.4, -0.2) is 23.9 Å². The Hall–Kier alpha value is -1.88. The van der Waals surface area contributed by atoms with Crippen molar-refractivity contribution >= 4 is 11.8 Å². The van der Waals surface area contributed by atoms with Crippen LogP contribution < -0.4 is 16.4 Å². The number of nitrogens with one attached hydrogen (secondary N) is 2. The molecule has 0 aliphatic heterocycles. The number of hydrogen-bond donors (Lipinski definition) is 3. The van der Waals surface area contributed by atoms with Gasteiger partial charge in [0, 0.05) is 18.0 Å². The highest BCUT2D eigenvalue weighted by Crippen LogP contribution is 2.14. The van der Waals surface area contributed by atoms with Crippen LogP contribution >= 0.6 is 0 Å². The predicted molar refractivity (Wildman–Crippen MR) is 83.5 cm³/mol. The normalized spacial score (nSPS) is 12.6. The van der Waals surface area contributed by atoms with Crippen LogP contribution in [-0.2, 0) is 9.59 Å². The van der Waals surface area contributed by atoms with E-state index in [0.29, 0.717) is 12.8 Å². The summed E-state index contributed by atoms with van der Waals surface area (Å²) >= 11 is 0. The van der Waals surface area contributed by atoms with Crippen molar-refractivity contribution in [3.05, 3.63) is 35.9 Å². The Bertz CT molecular complexity index is 466. The van der Waals surface area contributed by atoms with E-state index in [4.69, 9.17) is 5.73 Å². The number of nitrogens with two attached hydrogens (primary N) is 1. The second kappa shape index (κ2) is 7.78. The zero-order valence-corrected chi connectivity index (χ0v) is 13.0. The summed E-state index contributed by atoms with van der Waals surface area (Å²) in [7, 11) is 0. The zero-order chi connectivity index (χ0) is 15.9. The average Bonchev–Trinajstić information content (AvgIpc) is 2.41. The third-order valence-corrected chi connectivity index (χ3v) is 2.87. The minimum atomic E-state index is -0.294. The Balaban J connectivity index is 2.27. The van der Waals surface area contributed by atoms with Crippen LogP contribution in [0.25, 0.3) is 0 Å². The molecule has 5 nitrogen and oxygen atoms in total. The van der Waals surface area contributed by atoms with E-state index in [2.05, 4.69) is 10.6 Å². The van der Waals surface area contributed by atoms with Crippen LogP contribution in [0.5, 0.6) is 0 Å². The highest BCUT2D eigenvalue weighted by molar-refractivity contribution is 5.84. The lowest BCUT2D eigenvalue weighted by Gasteiger charge is -2.20. The van der Waals surface area contributed by atoms with Crippen molar-refractivity contribution in [1.82, 2.24) is 10.6 Å². The Morgan fingerprint density at radius 1 is 1.14 bits per heavy atom. The standard InChI is InChI=1S/C16H25N3O2/c1-16(2,3)19-15(21)11-18-14(20)10-9-13(17)12-7-5-4-6-8-12/h4-8,13H,9-11,17H2,1-3H3,(H,18,20)(H,19,21). The van der Waals surface area contributed by atoms with Crippen LogP contribution in [0.15, 0.2) is 30.3 Å². The fourth-order valence-electron chi connectivity index (χ4n) is 1.88. The van der Waals surface area contributed by atoms with Crippen molar-refractivity contribution in [2.24, 2.45) is 5.73 Å². The molecular formula is C16H25N3O2. The van der Waals surface area contributed by atoms with Gasteiger partial charge in [0.25, 0.3) is 0 Å². The third-order valence-electron chi connectivity index (χ3n) is 2.87. The molecule has 4 N–H and O–H groups in total. The highest BCUT2D eigenvalue weighted by Gasteiger charge is 2.14. The first kappa shape index (κ1) is 17.2. The van der Waals surface area contributed by atoms with Gasteiger partial charge in [-0.2, -0.15) is 0 Å². The van der Waals surface area contributed by atoms with Gasteiger partial charge in [0.05, 0.1) is 6.54 Å². The van der Waals surface area contributed by atoms with Crippen molar-refractivity contribution in [3.63, 3.8) is 0 Å². The largest absolute Gasteiger partial charge is 0.350 e. The molecule has 2 amide bonds. The Morgan fingerprint density at radius 2 is 1.76 bits per heavy atom. The summed E-state index contributed by atoms with van der Waals surface area (Å²) < 4.78 is 0. The summed E-state index contributed by atoms with van der Waals surface area (Å²) in [4.78, 5) is 23.3. The number of hydrogen-bond acceptors (Lipinski definition) is 3. The molecule has 0 saturated heterocycles. The molecule has 0 heterocycles. The molecule has 0 aromatic heterocycles. The van der Waals surface area contributed by atoms with E-state index in [9.17, 15) is 9.59 Å². The monoisotopic (exact) mass is 291 g/mol. The van der Waals surface area contributed by atoms with Crippen LogP contribution in [0.3, 0.4) is 0 Å². The summed E-state index contributed by atoms with van der Waals surface area (Å²) in [5, 5.41) is 5.39. The lowest BCUT2D eigenvalue weighted by Crippen LogP contribution is -2.45. The number of rotatable bonds is 6. The van der Waals surface area contributed by atoms with Crippen molar-refractivity contribution in [2.45, 2.75) is 45.2 Å². The van der Waals surface area contributed by atoms with Crippen molar-refractivity contribution in [2.75, 3.05) is 6.54 Å². The van der Waals surface area contributed by atoms with Gasteiger partial charge >= 0.3 is 0 Å². The first-order chi connectivity index (χ1) is 9.78. The fraction of sp³-hybridized carbons (Fsp3) is 0.500. The van der Waals surface area contributed by atoms with Gasteiger partial charge in [-0.15, -0.1) is 0 Å². The lowest BCUT2D eigenvalue weighted by molar-refractivity contribution is -0.126. The molecule has 0 bridgehead atoms. The molecule has 116 valence electrons. The van der Waals surface area contributed by atoms with E-state index in [0.717, 1.165) is 5.56 Å². The number of benzene rings is 1. The van der Waals surface area contributed by atoms with Gasteiger partial charge in [0.15, 0.2) is 0 Å². The predicted octanol–water partition coefficient (Wildman–Crippen LogP) is 1.50. The number of amides is 2. The van der Waals surface area contributed by atoms with Gasteiger partial charge in [0.1, 0.15) is 0 Å². The molecule has 1 aromatic rings. The van der Waals surface area contributed by atoms with E-state index < -0.39 is 0 Å². The van der Waals surface area contributed by atoms with E-state index in [-0.39, 0.29) is 29.9 Å². The maximum absolute atomic E-state index is 11.7. The molecule has 0 saturated carbocycles. The van der Waals surface area contributed by atoms with Crippen LogP contribution in [0.2, 0.25) is 0 Å². The summed E-state index contributed by atoms with van der Waals surface area (Å²) in [6.45, 7) is 5.68. The van der Waals surface area contributed by atoms with Crippen molar-refractivity contribution < 1.29 is 9.59 Å². The van der Waals surface area contributed by atoms with Crippen LogP contribution in [0, 0.1) is 0 Å². The molecule has 1 unspecified atom stereocenters.